The van der Waals surface area contributed by atoms with Crippen LogP contribution in [0.15, 0.2) is 131 Å². The third-order valence-corrected chi connectivity index (χ3v) is 9.90. The topological polar surface area (TPSA) is 54.3 Å². The molecule has 41 heavy (non-hydrogen) atoms. The van der Waals surface area contributed by atoms with Crippen LogP contribution in [-0.4, -0.2) is 33.0 Å². The third-order valence-electron chi connectivity index (χ3n) is 7.51. The number of nitrogens with one attached hydrogen (secondary N) is 1. The maximum atomic E-state index is 13.8. The number of benzene rings is 4. The third kappa shape index (κ3) is 4.65. The molecule has 0 bridgehead atoms. The van der Waals surface area contributed by atoms with Gasteiger partial charge in [0.05, 0.1) is 33.3 Å². The number of hydrogen-bond acceptors (Lipinski definition) is 4. The first-order valence-corrected chi connectivity index (χ1v) is 15.3. The number of para-hydroxylation sites is 3. The van der Waals surface area contributed by atoms with Crippen molar-refractivity contribution in [2.75, 3.05) is 10.2 Å². The van der Waals surface area contributed by atoms with E-state index in [0.717, 1.165) is 37.3 Å². The highest BCUT2D eigenvalue weighted by molar-refractivity contribution is 8.00. The Balaban J connectivity index is 1.13. The van der Waals surface area contributed by atoms with Gasteiger partial charge in [0.25, 0.3) is 0 Å². The van der Waals surface area contributed by atoms with Gasteiger partial charge in [0.15, 0.2) is 0 Å². The largest absolute Gasteiger partial charge is 0.326 e. The van der Waals surface area contributed by atoms with E-state index in [-0.39, 0.29) is 28.5 Å². The zero-order chi connectivity index (χ0) is 27.9. The Morgan fingerprint density at radius 3 is 2.29 bits per heavy atom. The van der Waals surface area contributed by atoms with Gasteiger partial charge in [-0.1, -0.05) is 78.9 Å². The van der Waals surface area contributed by atoms with Crippen molar-refractivity contribution in [3.8, 4) is 0 Å². The Morgan fingerprint density at radius 1 is 0.829 bits per heavy atom. The van der Waals surface area contributed by atoms with Gasteiger partial charge < -0.3 is 5.32 Å². The number of carbonyl (C=O) groups excluding carboxylic acids is 2. The fourth-order valence-corrected chi connectivity index (χ4v) is 7.88. The van der Waals surface area contributed by atoms with Crippen LogP contribution in [0, 0.1) is 0 Å². The maximum absolute atomic E-state index is 13.8. The highest BCUT2D eigenvalue weighted by Gasteiger charge is 2.36. The van der Waals surface area contributed by atoms with Crippen LogP contribution in [0.3, 0.4) is 0 Å². The van der Waals surface area contributed by atoms with E-state index in [1.54, 1.807) is 11.8 Å². The number of fused-ring (bicyclic) bond motifs is 5. The van der Waals surface area contributed by atoms with Gasteiger partial charge >= 0.3 is 6.03 Å². The predicted octanol–water partition coefficient (Wildman–Crippen LogP) is 8.62. The molecule has 7 heteroatoms. The average molecular weight is 574 g/mol. The van der Waals surface area contributed by atoms with E-state index in [0.29, 0.717) is 5.69 Å². The molecule has 2 aliphatic rings. The number of allylic oxidation sites excluding steroid dienone is 2. The number of thioether (sulfide) groups is 2. The van der Waals surface area contributed by atoms with Crippen LogP contribution in [0.5, 0.6) is 0 Å². The SMILES string of the molecule is CC(Sc1cccc(NC(=O)N2c3ccccc3SC3C=CC=CC32)c1)C(=O)n1c2ccccc2c2ccccc21. The number of anilines is 2. The number of hydrogen-bond donors (Lipinski definition) is 1. The molecule has 1 aliphatic heterocycles. The summed E-state index contributed by atoms with van der Waals surface area (Å²) in [6, 6.07) is 31.6. The molecule has 5 aromatic rings. The summed E-state index contributed by atoms with van der Waals surface area (Å²) < 4.78 is 1.84. The van der Waals surface area contributed by atoms with Gasteiger partial charge in [-0.25, -0.2) is 4.79 Å². The summed E-state index contributed by atoms with van der Waals surface area (Å²) in [5.74, 6) is 0.0208. The monoisotopic (exact) mass is 573 g/mol. The van der Waals surface area contributed by atoms with E-state index in [9.17, 15) is 9.59 Å². The highest BCUT2D eigenvalue weighted by atomic mass is 32.2. The molecule has 2 heterocycles. The number of aromatic nitrogens is 1. The van der Waals surface area contributed by atoms with Crippen molar-refractivity contribution >= 4 is 68.6 Å². The summed E-state index contributed by atoms with van der Waals surface area (Å²) in [5, 5.41) is 5.08. The zero-order valence-electron chi connectivity index (χ0n) is 22.3. The number of nitrogens with zero attached hydrogens (tertiary/aromatic N) is 2. The van der Waals surface area contributed by atoms with E-state index in [1.165, 1.54) is 11.8 Å². The Kier molecular flexibility index (Phi) is 6.69. The molecule has 1 aliphatic carbocycles. The van der Waals surface area contributed by atoms with Gasteiger partial charge in [-0.3, -0.25) is 14.3 Å². The van der Waals surface area contributed by atoms with Crippen molar-refractivity contribution in [3.63, 3.8) is 0 Å². The summed E-state index contributed by atoms with van der Waals surface area (Å²) in [6.07, 6.45) is 8.28. The van der Waals surface area contributed by atoms with Gasteiger partial charge in [-0.05, 0) is 49.4 Å². The lowest BCUT2D eigenvalue weighted by Gasteiger charge is -2.40. The van der Waals surface area contributed by atoms with Crippen LogP contribution in [0.4, 0.5) is 16.2 Å². The van der Waals surface area contributed by atoms with E-state index in [4.69, 9.17) is 0 Å². The fourth-order valence-electron chi connectivity index (χ4n) is 5.65. The van der Waals surface area contributed by atoms with Crippen molar-refractivity contribution in [1.29, 1.82) is 0 Å². The van der Waals surface area contributed by atoms with E-state index in [2.05, 4.69) is 35.7 Å². The molecule has 0 spiro atoms. The van der Waals surface area contributed by atoms with Crippen LogP contribution >= 0.6 is 23.5 Å². The molecule has 0 saturated heterocycles. The molecule has 1 aromatic heterocycles. The second kappa shape index (κ2) is 10.7. The molecule has 3 unspecified atom stereocenters. The number of amides is 2. The second-order valence-electron chi connectivity index (χ2n) is 10.1. The number of rotatable bonds is 4. The fraction of sp³-hybridized carbons (Fsp3) is 0.118. The van der Waals surface area contributed by atoms with Gasteiger partial charge in [0.2, 0.25) is 5.91 Å². The van der Waals surface area contributed by atoms with E-state index < -0.39 is 0 Å². The molecule has 202 valence electrons. The van der Waals surface area contributed by atoms with Crippen molar-refractivity contribution in [2.45, 2.75) is 33.3 Å². The van der Waals surface area contributed by atoms with E-state index >= 15 is 0 Å². The number of carbonyl (C=O) groups is 2. The zero-order valence-corrected chi connectivity index (χ0v) is 23.9. The summed E-state index contributed by atoms with van der Waals surface area (Å²) in [4.78, 5) is 31.4. The lowest BCUT2D eigenvalue weighted by Crippen LogP contribution is -2.49. The van der Waals surface area contributed by atoms with Crippen molar-refractivity contribution in [3.05, 3.63) is 121 Å². The van der Waals surface area contributed by atoms with Gasteiger partial charge in [-0.15, -0.1) is 23.5 Å². The lowest BCUT2D eigenvalue weighted by atomic mass is 10.1. The Labute approximate surface area is 246 Å². The standard InChI is InChI=1S/C34H27N3O2S2/c1-22(33(38)36-27-15-4-2-13-25(27)26-14-3-5-16-28(26)36)40-24-12-10-11-23(21-24)35-34(39)37-29-17-6-8-19-31(29)41-32-20-9-7-18-30(32)37/h2-22,29,31H,1H3,(H,35,39). The molecule has 5 nitrogen and oxygen atoms in total. The molecule has 7 rings (SSSR count). The first-order valence-electron chi connectivity index (χ1n) is 13.6. The number of urea groups is 1. The smallest absolute Gasteiger partial charge is 0.307 e. The molecule has 2 amide bonds. The molecule has 4 aromatic carbocycles. The Morgan fingerprint density at radius 2 is 1.51 bits per heavy atom. The molecule has 1 N–H and O–H groups in total. The van der Waals surface area contributed by atoms with Crippen LogP contribution in [-0.2, 0) is 0 Å². The van der Waals surface area contributed by atoms with Gasteiger partial charge in [0.1, 0.15) is 0 Å². The van der Waals surface area contributed by atoms with E-state index in [1.807, 2.05) is 107 Å². The maximum Gasteiger partial charge on any atom is 0.326 e. The summed E-state index contributed by atoms with van der Waals surface area (Å²) in [7, 11) is 0. The first kappa shape index (κ1) is 25.7. The van der Waals surface area contributed by atoms with Crippen LogP contribution in [0.1, 0.15) is 11.7 Å². The minimum atomic E-state index is -0.342. The summed E-state index contributed by atoms with van der Waals surface area (Å²) in [6.45, 7) is 1.94. The molecular weight excluding hydrogens is 547 g/mol. The van der Waals surface area contributed by atoms with Crippen LogP contribution in [0.25, 0.3) is 21.8 Å². The van der Waals surface area contributed by atoms with Crippen molar-refractivity contribution in [1.82, 2.24) is 4.57 Å². The van der Waals surface area contributed by atoms with Crippen molar-refractivity contribution < 1.29 is 9.59 Å². The normalized spacial score (nSPS) is 18.2. The van der Waals surface area contributed by atoms with Crippen molar-refractivity contribution in [2.24, 2.45) is 0 Å². The quantitative estimate of drug-likeness (QED) is 0.219. The summed E-state index contributed by atoms with van der Waals surface area (Å²) >= 11 is 3.28. The average Bonchev–Trinajstić information content (AvgIpc) is 3.34. The Bertz CT molecular complexity index is 1820. The van der Waals surface area contributed by atoms with Crippen LogP contribution < -0.4 is 10.2 Å². The van der Waals surface area contributed by atoms with Crippen LogP contribution in [0.2, 0.25) is 0 Å². The summed E-state index contributed by atoms with van der Waals surface area (Å²) in [5.41, 5.74) is 3.43. The Hall–Kier alpha value is -4.20. The predicted molar refractivity (Wildman–Crippen MR) is 171 cm³/mol. The highest BCUT2D eigenvalue weighted by Crippen LogP contribution is 2.43. The molecule has 3 atom stereocenters. The minimum absolute atomic E-state index is 0.0208. The molecule has 0 fully saturated rings. The minimum Gasteiger partial charge on any atom is -0.307 e. The molecule has 0 radical (unpaired) electrons. The first-order chi connectivity index (χ1) is 20.1. The van der Waals surface area contributed by atoms with Gasteiger partial charge in [-0.2, -0.15) is 0 Å². The van der Waals surface area contributed by atoms with Gasteiger partial charge in [0, 0.05) is 26.3 Å². The molecule has 0 saturated carbocycles. The molecular formula is C34H27N3O2S2. The second-order valence-corrected chi connectivity index (χ2v) is 12.7. The lowest BCUT2D eigenvalue weighted by molar-refractivity contribution is 0.0925.